The van der Waals surface area contributed by atoms with Crippen LogP contribution in [0.25, 0.3) is 0 Å². The highest BCUT2D eigenvalue weighted by Gasteiger charge is 2.48. The minimum atomic E-state index is -0.554. The minimum absolute atomic E-state index is 0.0239. The molecule has 0 atom stereocenters. The lowest BCUT2D eigenvalue weighted by Crippen LogP contribution is -2.76. The fraction of sp³-hybridized carbons (Fsp3) is 0.304. The van der Waals surface area contributed by atoms with E-state index >= 15 is 0 Å². The molecule has 0 amide bonds. The zero-order valence-corrected chi connectivity index (χ0v) is 45.7. The first kappa shape index (κ1) is 49.3. The van der Waals surface area contributed by atoms with E-state index < -0.39 is 5.41 Å². The van der Waals surface area contributed by atoms with Crippen LogP contribution in [0.5, 0.6) is 0 Å². The van der Waals surface area contributed by atoms with Gasteiger partial charge < -0.3 is 4.90 Å². The van der Waals surface area contributed by atoms with Gasteiger partial charge in [0.25, 0.3) is 0 Å². The number of aryl methyl sites for hydroxylation is 2. The maximum Gasteiger partial charge on any atom is 0.240 e. The van der Waals surface area contributed by atoms with Crippen LogP contribution < -0.4 is 37.7 Å². The van der Waals surface area contributed by atoms with Crippen LogP contribution in [0, 0.1) is 13.8 Å². The van der Waals surface area contributed by atoms with Crippen molar-refractivity contribution in [1.82, 2.24) is 0 Å². The Morgan fingerprint density at radius 2 is 0.708 bits per heavy atom. The predicted octanol–water partition coefficient (Wildman–Crippen LogP) is 14.6. The van der Waals surface area contributed by atoms with Gasteiger partial charge in [-0.2, -0.15) is 0 Å². The first-order valence-electron chi connectivity index (χ1n) is 27.2. The lowest BCUT2D eigenvalue weighted by atomic mass is 9.20. The first-order valence-corrected chi connectivity index (χ1v) is 27.2. The second kappa shape index (κ2) is 19.3. The van der Waals surface area contributed by atoms with E-state index in [9.17, 15) is 0 Å². The van der Waals surface area contributed by atoms with E-state index in [2.05, 4.69) is 266 Å². The number of nitrogens with zero attached hydrogens (tertiary/aromatic N) is 1. The third-order valence-corrected chi connectivity index (χ3v) is 16.5. The molecule has 8 aromatic carbocycles. The van der Waals surface area contributed by atoms with E-state index in [1.165, 1.54) is 117 Å². The van der Waals surface area contributed by atoms with Crippen LogP contribution >= 0.6 is 0 Å². The van der Waals surface area contributed by atoms with Crippen LogP contribution in [0.1, 0.15) is 185 Å². The second-order valence-electron chi connectivity index (χ2n) is 23.3. The van der Waals surface area contributed by atoms with Crippen molar-refractivity contribution in [2.75, 3.05) is 4.90 Å². The topological polar surface area (TPSA) is 3.24 Å². The van der Waals surface area contributed by atoms with E-state index in [-0.39, 0.29) is 13.4 Å². The number of hydrogen-bond acceptors (Lipinski definition) is 1. The molecule has 0 saturated heterocycles. The van der Waals surface area contributed by atoms with Gasteiger partial charge in [0, 0.05) is 5.69 Å². The number of hydrogen-bond donors (Lipinski definition) is 0. The van der Waals surface area contributed by atoms with E-state index in [1.807, 2.05) is 0 Å². The molecule has 10 rings (SSSR count). The molecule has 2 aliphatic heterocycles. The molecule has 3 heteroatoms. The van der Waals surface area contributed by atoms with Gasteiger partial charge in [-0.3, -0.25) is 0 Å². The van der Waals surface area contributed by atoms with E-state index in [4.69, 9.17) is 0 Å². The van der Waals surface area contributed by atoms with Gasteiger partial charge in [0.15, 0.2) is 0 Å². The van der Waals surface area contributed by atoms with E-state index in [0.29, 0.717) is 35.5 Å². The van der Waals surface area contributed by atoms with Crippen molar-refractivity contribution >= 4 is 63.3 Å². The Hall–Kier alpha value is -6.31. The molecule has 0 aromatic heterocycles. The lowest BCUT2D eigenvalue weighted by Gasteiger charge is -2.47. The normalized spacial score (nSPS) is 13.9. The van der Waals surface area contributed by atoms with Crippen LogP contribution in [0.3, 0.4) is 0 Å². The van der Waals surface area contributed by atoms with Crippen molar-refractivity contribution < 1.29 is 0 Å². The molecule has 0 fully saturated rings. The standard InChI is InChI=1S/C69H75B2N/c1-42(2)50-37-55(44(5)6)67(56(38-50)45(7)8)70-61-27-21-22-28-62(61)71(68-57(46(9)10)39-51(43(3)4)40-58(68)47(11)12)64-41-54(31-32-63(64)70)72-65-33-29-48(13)35-59(65)69(52-23-17-15-18-24-52,53-25-19-16-20-26-53)60-36-49(14)30-34-66(60)72/h15-47H,1-14H3. The third-order valence-electron chi connectivity index (χ3n) is 16.5. The number of anilines is 3. The predicted molar refractivity (Wildman–Crippen MR) is 316 cm³/mol. The van der Waals surface area contributed by atoms with Gasteiger partial charge in [-0.25, -0.2) is 0 Å². The Bertz CT molecular complexity index is 3150. The average Bonchev–Trinajstić information content (AvgIpc) is 3.36. The molecule has 72 heavy (non-hydrogen) atoms. The molecular weight excluding hydrogens is 864 g/mol. The fourth-order valence-corrected chi connectivity index (χ4v) is 12.9. The highest BCUT2D eigenvalue weighted by atomic mass is 15.2. The molecule has 2 aliphatic rings. The molecule has 362 valence electrons. The van der Waals surface area contributed by atoms with Crippen molar-refractivity contribution in [1.29, 1.82) is 0 Å². The van der Waals surface area contributed by atoms with Crippen LogP contribution in [-0.4, -0.2) is 13.4 Å². The van der Waals surface area contributed by atoms with Gasteiger partial charge in [0.05, 0.1) is 16.8 Å². The summed E-state index contributed by atoms with van der Waals surface area (Å²) >= 11 is 0. The molecule has 0 aliphatic carbocycles. The molecule has 0 radical (unpaired) electrons. The van der Waals surface area contributed by atoms with E-state index in [0.717, 1.165) is 0 Å². The average molecular weight is 940 g/mol. The maximum atomic E-state index is 2.64. The molecule has 1 nitrogen and oxygen atoms in total. The first-order chi connectivity index (χ1) is 34.5. The summed E-state index contributed by atoms with van der Waals surface area (Å²) in [6, 6.07) is 64.5. The monoisotopic (exact) mass is 940 g/mol. The van der Waals surface area contributed by atoms with Crippen LogP contribution in [0.4, 0.5) is 17.1 Å². The summed E-state index contributed by atoms with van der Waals surface area (Å²) in [5, 5.41) is 0. The number of fused-ring (bicyclic) bond motifs is 4. The van der Waals surface area contributed by atoms with Gasteiger partial charge in [-0.05, 0) is 129 Å². The Kier molecular flexibility index (Phi) is 13.2. The summed E-state index contributed by atoms with van der Waals surface area (Å²) in [6.07, 6.45) is 0. The number of rotatable bonds is 11. The molecule has 0 spiro atoms. The summed E-state index contributed by atoms with van der Waals surface area (Å²) in [6.45, 7) is 33.3. The highest BCUT2D eigenvalue weighted by Crippen LogP contribution is 2.58. The zero-order valence-electron chi connectivity index (χ0n) is 45.7. The van der Waals surface area contributed by atoms with Gasteiger partial charge in [0.1, 0.15) is 0 Å². The van der Waals surface area contributed by atoms with Crippen molar-refractivity contribution in [3.63, 3.8) is 0 Å². The van der Waals surface area contributed by atoms with Crippen LogP contribution in [-0.2, 0) is 5.41 Å². The van der Waals surface area contributed by atoms with Gasteiger partial charge in [0.2, 0.25) is 13.4 Å². The highest BCUT2D eigenvalue weighted by molar-refractivity contribution is 7.11. The van der Waals surface area contributed by atoms with Crippen molar-refractivity contribution in [3.8, 4) is 0 Å². The molecule has 0 unspecified atom stereocenters. The summed E-state index contributed by atoms with van der Waals surface area (Å²) in [5.41, 5.74) is 28.2. The summed E-state index contributed by atoms with van der Waals surface area (Å²) in [4.78, 5) is 2.62. The van der Waals surface area contributed by atoms with Gasteiger partial charge in [-0.1, -0.05) is 267 Å². The second-order valence-corrected chi connectivity index (χ2v) is 23.3. The Morgan fingerprint density at radius 3 is 1.08 bits per heavy atom. The zero-order chi connectivity index (χ0) is 50.9. The van der Waals surface area contributed by atoms with Gasteiger partial charge >= 0.3 is 0 Å². The smallest absolute Gasteiger partial charge is 0.240 e. The van der Waals surface area contributed by atoms with Crippen LogP contribution in [0.2, 0.25) is 0 Å². The fourth-order valence-electron chi connectivity index (χ4n) is 12.9. The SMILES string of the molecule is Cc1ccc2c(c1)C(c1ccccc1)(c1ccccc1)c1cc(C)ccc1N2c1ccc2c(c1)B(c1c(C(C)C)cc(C(C)C)cc1C(C)C)c1ccccc1B2c1c(C(C)C)cc(C(C)C)cc1C(C)C. The lowest BCUT2D eigenvalue weighted by molar-refractivity contribution is 0.729. The van der Waals surface area contributed by atoms with Crippen molar-refractivity contribution in [2.45, 2.75) is 138 Å². The Morgan fingerprint density at radius 1 is 0.347 bits per heavy atom. The molecular formula is C69H75B2N. The molecule has 0 saturated carbocycles. The molecule has 0 bridgehead atoms. The Labute approximate surface area is 434 Å². The largest absolute Gasteiger partial charge is 0.310 e. The maximum absolute atomic E-state index is 2.64. The van der Waals surface area contributed by atoms with E-state index in [1.54, 1.807) is 0 Å². The Balaban J connectivity index is 1.34. The van der Waals surface area contributed by atoms with Crippen LogP contribution in [0.15, 0.2) is 164 Å². The third kappa shape index (κ3) is 8.11. The molecule has 2 heterocycles. The summed E-state index contributed by atoms with van der Waals surface area (Å²) in [5.74, 6) is 2.26. The summed E-state index contributed by atoms with van der Waals surface area (Å²) < 4.78 is 0. The van der Waals surface area contributed by atoms with Crippen molar-refractivity contribution in [3.05, 3.63) is 231 Å². The van der Waals surface area contributed by atoms with Crippen molar-refractivity contribution in [2.24, 2.45) is 0 Å². The van der Waals surface area contributed by atoms with Gasteiger partial charge in [-0.15, -0.1) is 0 Å². The quantitative estimate of drug-likeness (QED) is 0.117. The molecule has 8 aromatic rings. The summed E-state index contributed by atoms with van der Waals surface area (Å²) in [7, 11) is 0. The minimum Gasteiger partial charge on any atom is -0.310 e. The number of benzene rings is 8. The molecule has 0 N–H and O–H groups in total.